The predicted molar refractivity (Wildman–Crippen MR) is 117 cm³/mol. The maximum absolute atomic E-state index is 12.7. The van der Waals surface area contributed by atoms with E-state index in [1.165, 1.54) is 24.3 Å². The number of esters is 1. The summed E-state index contributed by atoms with van der Waals surface area (Å²) in [7, 11) is 0. The van der Waals surface area contributed by atoms with Crippen LogP contribution in [0.25, 0.3) is 16.9 Å². The Hall–Kier alpha value is -4.26. The fourth-order valence-corrected chi connectivity index (χ4v) is 3.28. The number of nitrogens with zero attached hydrogens (tertiary/aromatic N) is 3. The van der Waals surface area contributed by atoms with Gasteiger partial charge in [0.1, 0.15) is 0 Å². The van der Waals surface area contributed by atoms with Crippen molar-refractivity contribution in [2.75, 3.05) is 0 Å². The number of ether oxygens (including phenoxy) is 1. The second-order valence-corrected chi connectivity index (χ2v) is 7.13. The lowest BCUT2D eigenvalue weighted by Gasteiger charge is -2.11. The Labute approximate surface area is 178 Å². The normalized spacial score (nSPS) is 10.6. The second kappa shape index (κ2) is 8.23. The van der Waals surface area contributed by atoms with Gasteiger partial charge in [-0.15, -0.1) is 0 Å². The number of aromatic nitrogens is 2. The summed E-state index contributed by atoms with van der Waals surface area (Å²) in [6.45, 7) is 3.97. The average Bonchev–Trinajstić information content (AvgIpc) is 3.18. The summed E-state index contributed by atoms with van der Waals surface area (Å²) < 4.78 is 7.26. The number of hydrogen-bond donors (Lipinski definition) is 0. The van der Waals surface area contributed by atoms with Crippen molar-refractivity contribution in [1.29, 1.82) is 0 Å². The molecule has 0 unspecified atom stereocenters. The van der Waals surface area contributed by atoms with Crippen molar-refractivity contribution in [2.24, 2.45) is 0 Å². The molecule has 0 atom stereocenters. The van der Waals surface area contributed by atoms with Crippen LogP contribution in [0.5, 0.6) is 5.88 Å². The van der Waals surface area contributed by atoms with E-state index in [4.69, 9.17) is 4.74 Å². The summed E-state index contributed by atoms with van der Waals surface area (Å²) in [5, 5.41) is 15.5. The Kier molecular flexibility index (Phi) is 5.32. The first-order chi connectivity index (χ1) is 14.9. The summed E-state index contributed by atoms with van der Waals surface area (Å²) in [5.74, 6) is -0.366. The Balaban J connectivity index is 1.74. The third kappa shape index (κ3) is 4.20. The van der Waals surface area contributed by atoms with Gasteiger partial charge in [0.05, 0.1) is 21.9 Å². The fourth-order valence-electron chi connectivity index (χ4n) is 3.28. The van der Waals surface area contributed by atoms with Gasteiger partial charge < -0.3 is 4.74 Å². The lowest BCUT2D eigenvalue weighted by atomic mass is 10.1. The lowest BCUT2D eigenvalue weighted by Crippen LogP contribution is -2.12. The van der Waals surface area contributed by atoms with Gasteiger partial charge in [0.25, 0.3) is 5.69 Å². The van der Waals surface area contributed by atoms with Crippen LogP contribution in [-0.2, 0) is 0 Å². The van der Waals surface area contributed by atoms with E-state index in [0.717, 1.165) is 22.4 Å². The van der Waals surface area contributed by atoms with E-state index < -0.39 is 10.9 Å². The number of rotatable bonds is 5. The van der Waals surface area contributed by atoms with E-state index in [2.05, 4.69) is 5.10 Å². The van der Waals surface area contributed by atoms with Crippen molar-refractivity contribution in [1.82, 2.24) is 9.78 Å². The van der Waals surface area contributed by atoms with Gasteiger partial charge in [-0.25, -0.2) is 4.79 Å². The first-order valence-electron chi connectivity index (χ1n) is 9.62. The average molecular weight is 413 g/mol. The molecule has 3 aromatic carbocycles. The lowest BCUT2D eigenvalue weighted by molar-refractivity contribution is -0.384. The fraction of sp³-hybridized carbons (Fsp3) is 0.0833. The van der Waals surface area contributed by atoms with Gasteiger partial charge in [-0.1, -0.05) is 48.0 Å². The molecular formula is C24H19N3O4. The number of benzene rings is 3. The van der Waals surface area contributed by atoms with Crippen LogP contribution in [0.2, 0.25) is 0 Å². The highest BCUT2D eigenvalue weighted by Gasteiger charge is 2.18. The van der Waals surface area contributed by atoms with Crippen LogP contribution in [-0.4, -0.2) is 20.7 Å². The number of non-ortho nitro benzene ring substituents is 1. The first-order valence-corrected chi connectivity index (χ1v) is 9.62. The zero-order valence-corrected chi connectivity index (χ0v) is 17.0. The van der Waals surface area contributed by atoms with Gasteiger partial charge in [0, 0.05) is 23.8 Å². The summed E-state index contributed by atoms with van der Waals surface area (Å²) in [4.78, 5) is 23.1. The van der Waals surface area contributed by atoms with Crippen molar-refractivity contribution in [3.8, 4) is 22.8 Å². The molecule has 7 nitrogen and oxygen atoms in total. The predicted octanol–water partition coefficient (Wildman–Crippen LogP) is 5.28. The molecule has 0 saturated heterocycles. The van der Waals surface area contributed by atoms with E-state index in [1.54, 1.807) is 10.7 Å². The SMILES string of the molecule is Cc1ccc(-n2nc(-c3ccccc3)cc2OC(=O)c2ccc([N+](=O)[O-])cc2)c(C)c1. The molecule has 0 amide bonds. The molecule has 0 N–H and O–H groups in total. The highest BCUT2D eigenvalue weighted by atomic mass is 16.6. The van der Waals surface area contributed by atoms with Crippen LogP contribution in [0.1, 0.15) is 21.5 Å². The van der Waals surface area contributed by atoms with Crippen LogP contribution in [0.3, 0.4) is 0 Å². The largest absolute Gasteiger partial charge is 0.404 e. The summed E-state index contributed by atoms with van der Waals surface area (Å²) in [5.41, 5.74) is 4.55. The molecule has 154 valence electrons. The maximum Gasteiger partial charge on any atom is 0.344 e. The first kappa shape index (κ1) is 20.0. The van der Waals surface area contributed by atoms with Gasteiger partial charge in [-0.05, 0) is 37.6 Å². The number of hydrogen-bond acceptors (Lipinski definition) is 5. The second-order valence-electron chi connectivity index (χ2n) is 7.13. The molecule has 31 heavy (non-hydrogen) atoms. The quantitative estimate of drug-likeness (QED) is 0.252. The van der Waals surface area contributed by atoms with Crippen LogP contribution >= 0.6 is 0 Å². The van der Waals surface area contributed by atoms with E-state index in [1.807, 2.05) is 62.4 Å². The van der Waals surface area contributed by atoms with Crippen molar-refractivity contribution >= 4 is 11.7 Å². The van der Waals surface area contributed by atoms with E-state index in [9.17, 15) is 14.9 Å². The summed E-state index contributed by atoms with van der Waals surface area (Å²) in [6, 6.07) is 22.5. The minimum Gasteiger partial charge on any atom is -0.404 e. The molecule has 0 spiro atoms. The van der Waals surface area contributed by atoms with Crippen LogP contribution in [0.15, 0.2) is 78.9 Å². The van der Waals surface area contributed by atoms with E-state index >= 15 is 0 Å². The summed E-state index contributed by atoms with van der Waals surface area (Å²) >= 11 is 0. The van der Waals surface area contributed by atoms with Crippen LogP contribution in [0.4, 0.5) is 5.69 Å². The Morgan fingerprint density at radius 3 is 2.32 bits per heavy atom. The van der Waals surface area contributed by atoms with Gasteiger partial charge in [0.2, 0.25) is 5.88 Å². The van der Waals surface area contributed by atoms with Crippen LogP contribution in [0, 0.1) is 24.0 Å². The molecule has 0 fully saturated rings. The Morgan fingerprint density at radius 1 is 0.968 bits per heavy atom. The molecule has 0 saturated carbocycles. The minimum atomic E-state index is -0.625. The van der Waals surface area contributed by atoms with Crippen molar-refractivity contribution in [2.45, 2.75) is 13.8 Å². The topological polar surface area (TPSA) is 87.3 Å². The zero-order valence-electron chi connectivity index (χ0n) is 17.0. The minimum absolute atomic E-state index is 0.0942. The number of carbonyl (C=O) groups is 1. The van der Waals surface area contributed by atoms with Crippen molar-refractivity contribution in [3.63, 3.8) is 0 Å². The number of aryl methyl sites for hydroxylation is 2. The molecule has 0 aliphatic carbocycles. The maximum atomic E-state index is 12.7. The molecule has 0 aliphatic heterocycles. The molecule has 7 heteroatoms. The number of nitro benzene ring substituents is 1. The van der Waals surface area contributed by atoms with Gasteiger partial charge in [-0.3, -0.25) is 10.1 Å². The number of carbonyl (C=O) groups excluding carboxylic acids is 1. The standard InChI is InChI=1S/C24H19N3O4/c1-16-8-13-22(17(2)14-16)26-23(15-21(25-26)18-6-4-3-5-7-18)31-24(28)19-9-11-20(12-10-19)27(29)30/h3-15H,1-2H3. The Morgan fingerprint density at radius 2 is 1.68 bits per heavy atom. The van der Waals surface area contributed by atoms with E-state index in [0.29, 0.717) is 5.69 Å². The molecule has 4 rings (SSSR count). The highest BCUT2D eigenvalue weighted by Crippen LogP contribution is 2.28. The number of nitro groups is 1. The monoisotopic (exact) mass is 413 g/mol. The van der Waals surface area contributed by atoms with Gasteiger partial charge in [0.15, 0.2) is 0 Å². The molecule has 0 aliphatic rings. The third-order valence-electron chi connectivity index (χ3n) is 4.84. The molecule has 0 radical (unpaired) electrons. The summed E-state index contributed by atoms with van der Waals surface area (Å²) in [6.07, 6.45) is 0. The van der Waals surface area contributed by atoms with Gasteiger partial charge in [-0.2, -0.15) is 9.78 Å². The highest BCUT2D eigenvalue weighted by molar-refractivity contribution is 5.91. The van der Waals surface area contributed by atoms with Gasteiger partial charge >= 0.3 is 5.97 Å². The molecule has 4 aromatic rings. The van der Waals surface area contributed by atoms with Crippen molar-refractivity contribution in [3.05, 3.63) is 106 Å². The van der Waals surface area contributed by atoms with E-state index in [-0.39, 0.29) is 17.1 Å². The molecule has 0 bridgehead atoms. The third-order valence-corrected chi connectivity index (χ3v) is 4.84. The molecular weight excluding hydrogens is 394 g/mol. The molecule has 1 aromatic heterocycles. The molecule has 1 heterocycles. The zero-order chi connectivity index (χ0) is 22.0. The van der Waals surface area contributed by atoms with Crippen LogP contribution < -0.4 is 4.74 Å². The van der Waals surface area contributed by atoms with Crippen molar-refractivity contribution < 1.29 is 14.5 Å². The smallest absolute Gasteiger partial charge is 0.344 e. The Bertz CT molecular complexity index is 1260.